The molecule has 0 rings (SSSR count). The zero-order valence-corrected chi connectivity index (χ0v) is 9.49. The van der Waals surface area contributed by atoms with Gasteiger partial charge in [0.25, 0.3) is 0 Å². The molecule has 0 spiro atoms. The molecule has 0 amide bonds. The number of Topliss-reactive ketones (excluding diaryl/α,β-unsaturated/α-hetero) is 1. The molecule has 0 aliphatic carbocycles. The number of hydrogen-bond donors (Lipinski definition) is 1. The molecular formula is C11H20O4. The fraction of sp³-hybridized carbons (Fsp3) is 0.818. The molecule has 88 valence electrons. The van der Waals surface area contributed by atoms with Crippen LogP contribution in [0.25, 0.3) is 0 Å². The zero-order chi connectivity index (χ0) is 11.7. The Morgan fingerprint density at radius 1 is 1.27 bits per heavy atom. The predicted octanol–water partition coefficient (Wildman–Crippen LogP) is 1.31. The number of ketones is 1. The third-order valence-electron chi connectivity index (χ3n) is 2.20. The van der Waals surface area contributed by atoms with Gasteiger partial charge in [0, 0.05) is 13.0 Å². The highest BCUT2D eigenvalue weighted by Gasteiger charge is 2.21. The summed E-state index contributed by atoms with van der Waals surface area (Å²) >= 11 is 0. The largest absolute Gasteiger partial charge is 0.465 e. The third-order valence-corrected chi connectivity index (χ3v) is 2.20. The highest BCUT2D eigenvalue weighted by molar-refractivity contribution is 5.98. The highest BCUT2D eigenvalue weighted by atomic mass is 16.5. The summed E-state index contributed by atoms with van der Waals surface area (Å²) in [6.07, 6.45) is 2.64. The quantitative estimate of drug-likeness (QED) is 0.377. The van der Waals surface area contributed by atoms with E-state index in [1.807, 2.05) is 0 Å². The van der Waals surface area contributed by atoms with Crippen LogP contribution in [0.5, 0.6) is 0 Å². The molecule has 0 heterocycles. The van der Waals surface area contributed by atoms with Crippen molar-refractivity contribution in [3.8, 4) is 0 Å². The van der Waals surface area contributed by atoms with Crippen molar-refractivity contribution in [1.29, 1.82) is 0 Å². The lowest BCUT2D eigenvalue weighted by molar-refractivity contribution is -0.150. The summed E-state index contributed by atoms with van der Waals surface area (Å²) in [5.74, 6) is -1.17. The monoisotopic (exact) mass is 216 g/mol. The summed E-state index contributed by atoms with van der Waals surface area (Å²) in [6, 6.07) is 0. The first-order valence-electron chi connectivity index (χ1n) is 5.43. The van der Waals surface area contributed by atoms with Crippen LogP contribution in [0, 0.1) is 5.92 Å². The number of carbonyl (C=O) groups is 2. The molecule has 0 aromatic carbocycles. The van der Waals surface area contributed by atoms with E-state index in [1.165, 1.54) is 0 Å². The lowest BCUT2D eigenvalue weighted by Crippen LogP contribution is -2.23. The topological polar surface area (TPSA) is 63.6 Å². The number of aliphatic hydroxyl groups excluding tert-OH is 1. The van der Waals surface area contributed by atoms with Crippen LogP contribution in [0.2, 0.25) is 0 Å². The van der Waals surface area contributed by atoms with Crippen LogP contribution < -0.4 is 0 Å². The number of esters is 1. The molecule has 0 aromatic heterocycles. The number of carbonyl (C=O) groups excluding carboxylic acids is 2. The van der Waals surface area contributed by atoms with Crippen LogP contribution in [-0.2, 0) is 14.3 Å². The molecule has 1 atom stereocenters. The number of ether oxygens (including phenoxy) is 1. The molecule has 0 aliphatic heterocycles. The smallest absolute Gasteiger partial charge is 0.316 e. The van der Waals surface area contributed by atoms with Crippen molar-refractivity contribution in [3.63, 3.8) is 0 Å². The normalized spacial score (nSPS) is 12.2. The second-order valence-electron chi connectivity index (χ2n) is 3.47. The van der Waals surface area contributed by atoms with Crippen LogP contribution in [0.1, 0.15) is 39.5 Å². The van der Waals surface area contributed by atoms with Crippen molar-refractivity contribution in [2.45, 2.75) is 39.5 Å². The summed E-state index contributed by atoms with van der Waals surface area (Å²) in [6.45, 7) is 3.76. The minimum atomic E-state index is -0.654. The molecule has 0 saturated heterocycles. The molecule has 15 heavy (non-hydrogen) atoms. The summed E-state index contributed by atoms with van der Waals surface area (Å²) in [5, 5.41) is 8.54. The molecule has 1 unspecified atom stereocenters. The molecule has 0 saturated carbocycles. The first kappa shape index (κ1) is 14.1. The molecule has 0 fully saturated rings. The zero-order valence-electron chi connectivity index (χ0n) is 9.49. The van der Waals surface area contributed by atoms with Gasteiger partial charge in [-0.1, -0.05) is 6.42 Å². The molecule has 0 bridgehead atoms. The van der Waals surface area contributed by atoms with Gasteiger partial charge in [-0.3, -0.25) is 9.59 Å². The summed E-state index contributed by atoms with van der Waals surface area (Å²) < 4.78 is 4.75. The Morgan fingerprint density at radius 2 is 1.93 bits per heavy atom. The molecule has 1 N–H and O–H groups in total. The van der Waals surface area contributed by atoms with Gasteiger partial charge >= 0.3 is 5.97 Å². The van der Waals surface area contributed by atoms with E-state index in [9.17, 15) is 9.59 Å². The second kappa shape index (κ2) is 8.41. The van der Waals surface area contributed by atoms with Gasteiger partial charge in [0.2, 0.25) is 0 Å². The van der Waals surface area contributed by atoms with Crippen molar-refractivity contribution < 1.29 is 19.4 Å². The van der Waals surface area contributed by atoms with Crippen LogP contribution in [-0.4, -0.2) is 30.1 Å². The standard InChI is InChI=1S/C11H20O4/c1-3-15-11(14)9(2)10(13)7-5-4-6-8-12/h9,12H,3-8H2,1-2H3. The Labute approximate surface area is 90.6 Å². The fourth-order valence-corrected chi connectivity index (χ4v) is 1.20. The Bertz CT molecular complexity index is 201. The van der Waals surface area contributed by atoms with Crippen molar-refractivity contribution in [3.05, 3.63) is 0 Å². The van der Waals surface area contributed by atoms with Gasteiger partial charge < -0.3 is 9.84 Å². The van der Waals surface area contributed by atoms with Gasteiger partial charge in [-0.25, -0.2) is 0 Å². The third kappa shape index (κ3) is 6.23. The van der Waals surface area contributed by atoms with Crippen molar-refractivity contribution in [2.24, 2.45) is 5.92 Å². The van der Waals surface area contributed by atoms with Gasteiger partial charge in [-0.15, -0.1) is 0 Å². The number of hydrogen-bond acceptors (Lipinski definition) is 4. The first-order valence-corrected chi connectivity index (χ1v) is 5.43. The minimum Gasteiger partial charge on any atom is -0.465 e. The maximum absolute atomic E-state index is 11.5. The highest BCUT2D eigenvalue weighted by Crippen LogP contribution is 2.08. The SMILES string of the molecule is CCOC(=O)C(C)C(=O)CCCCCO. The van der Waals surface area contributed by atoms with E-state index in [1.54, 1.807) is 13.8 Å². The van der Waals surface area contributed by atoms with Crippen LogP contribution in [0.4, 0.5) is 0 Å². The number of unbranched alkanes of at least 4 members (excludes halogenated alkanes) is 2. The van der Waals surface area contributed by atoms with Crippen LogP contribution >= 0.6 is 0 Å². The lowest BCUT2D eigenvalue weighted by Gasteiger charge is -2.08. The van der Waals surface area contributed by atoms with Crippen molar-refractivity contribution >= 4 is 11.8 Å². The number of aliphatic hydroxyl groups is 1. The summed E-state index contributed by atoms with van der Waals surface area (Å²) in [5.41, 5.74) is 0. The summed E-state index contributed by atoms with van der Waals surface area (Å²) in [7, 11) is 0. The van der Waals surface area contributed by atoms with Gasteiger partial charge in [0.05, 0.1) is 6.61 Å². The van der Waals surface area contributed by atoms with Gasteiger partial charge in [-0.2, -0.15) is 0 Å². The van der Waals surface area contributed by atoms with E-state index in [0.29, 0.717) is 19.4 Å². The Hall–Kier alpha value is -0.900. The van der Waals surface area contributed by atoms with E-state index >= 15 is 0 Å². The van der Waals surface area contributed by atoms with E-state index in [2.05, 4.69) is 0 Å². The Morgan fingerprint density at radius 3 is 2.47 bits per heavy atom. The van der Waals surface area contributed by atoms with E-state index in [0.717, 1.165) is 12.8 Å². The molecule has 0 aromatic rings. The fourth-order valence-electron chi connectivity index (χ4n) is 1.20. The molecule has 4 nitrogen and oxygen atoms in total. The van der Waals surface area contributed by atoms with Crippen LogP contribution in [0.3, 0.4) is 0 Å². The lowest BCUT2D eigenvalue weighted by atomic mass is 10.0. The average molecular weight is 216 g/mol. The Balaban J connectivity index is 3.73. The van der Waals surface area contributed by atoms with Gasteiger partial charge in [-0.05, 0) is 26.7 Å². The maximum atomic E-state index is 11.5. The van der Waals surface area contributed by atoms with Gasteiger partial charge in [0.15, 0.2) is 0 Å². The molecular weight excluding hydrogens is 196 g/mol. The average Bonchev–Trinajstić information content (AvgIpc) is 2.23. The van der Waals surface area contributed by atoms with E-state index in [4.69, 9.17) is 9.84 Å². The van der Waals surface area contributed by atoms with Crippen molar-refractivity contribution in [2.75, 3.05) is 13.2 Å². The molecule has 4 heteroatoms. The second-order valence-corrected chi connectivity index (χ2v) is 3.47. The van der Waals surface area contributed by atoms with E-state index < -0.39 is 11.9 Å². The first-order chi connectivity index (χ1) is 7.13. The number of rotatable bonds is 8. The molecule has 0 aliphatic rings. The van der Waals surface area contributed by atoms with Gasteiger partial charge in [0.1, 0.15) is 11.7 Å². The Kier molecular flexibility index (Phi) is 7.91. The van der Waals surface area contributed by atoms with Crippen molar-refractivity contribution in [1.82, 2.24) is 0 Å². The van der Waals surface area contributed by atoms with E-state index in [-0.39, 0.29) is 12.4 Å². The summed E-state index contributed by atoms with van der Waals surface area (Å²) in [4.78, 5) is 22.6. The van der Waals surface area contributed by atoms with Crippen LogP contribution in [0.15, 0.2) is 0 Å². The minimum absolute atomic E-state index is 0.0774. The molecule has 0 radical (unpaired) electrons. The predicted molar refractivity (Wildman–Crippen MR) is 56.4 cm³/mol. The maximum Gasteiger partial charge on any atom is 0.316 e.